The van der Waals surface area contributed by atoms with Crippen molar-refractivity contribution in [2.45, 2.75) is 13.3 Å². The summed E-state index contributed by atoms with van der Waals surface area (Å²) in [6.45, 7) is 2.20. The van der Waals surface area contributed by atoms with Crippen molar-refractivity contribution in [3.63, 3.8) is 0 Å². The highest BCUT2D eigenvalue weighted by Gasteiger charge is 2.15. The Kier molecular flexibility index (Phi) is 3.23. The van der Waals surface area contributed by atoms with E-state index in [4.69, 9.17) is 0 Å². The number of carbonyl (C=O) groups is 2. The summed E-state index contributed by atoms with van der Waals surface area (Å²) in [7, 11) is 0. The lowest BCUT2D eigenvalue weighted by Crippen LogP contribution is -2.33. The van der Waals surface area contributed by atoms with Gasteiger partial charge in [0.05, 0.1) is 6.54 Å². The number of ketones is 1. The predicted octanol–water partition coefficient (Wildman–Crippen LogP) is 1.55. The SMILES string of the molecule is CCC(=O)C(=O)NC1=Cc2ccccc2NC1. The van der Waals surface area contributed by atoms with Crippen LogP contribution in [-0.2, 0) is 9.59 Å². The molecule has 1 aromatic carbocycles. The van der Waals surface area contributed by atoms with E-state index in [1.54, 1.807) is 6.92 Å². The van der Waals surface area contributed by atoms with Crippen LogP contribution in [-0.4, -0.2) is 18.2 Å². The molecule has 0 aliphatic carbocycles. The summed E-state index contributed by atoms with van der Waals surface area (Å²) in [4.78, 5) is 22.6. The zero-order chi connectivity index (χ0) is 12.3. The molecule has 4 heteroatoms. The maximum Gasteiger partial charge on any atom is 0.291 e. The van der Waals surface area contributed by atoms with E-state index in [1.165, 1.54) is 0 Å². The number of rotatable bonds is 3. The van der Waals surface area contributed by atoms with Gasteiger partial charge in [-0.05, 0) is 17.7 Å². The summed E-state index contributed by atoms with van der Waals surface area (Å²) in [5.41, 5.74) is 2.76. The first-order valence-corrected chi connectivity index (χ1v) is 5.58. The van der Waals surface area contributed by atoms with E-state index in [0.717, 1.165) is 16.9 Å². The minimum absolute atomic E-state index is 0.225. The van der Waals surface area contributed by atoms with Gasteiger partial charge in [0, 0.05) is 17.8 Å². The van der Waals surface area contributed by atoms with Crippen LogP contribution in [0.25, 0.3) is 6.08 Å². The number of carbonyl (C=O) groups excluding carboxylic acids is 2. The number of anilines is 1. The van der Waals surface area contributed by atoms with Crippen LogP contribution in [0.1, 0.15) is 18.9 Å². The molecule has 4 nitrogen and oxygen atoms in total. The van der Waals surface area contributed by atoms with E-state index in [0.29, 0.717) is 6.54 Å². The van der Waals surface area contributed by atoms with Crippen molar-refractivity contribution in [2.75, 3.05) is 11.9 Å². The fraction of sp³-hybridized carbons (Fsp3) is 0.231. The summed E-state index contributed by atoms with van der Waals surface area (Å²) in [5, 5.41) is 5.80. The predicted molar refractivity (Wildman–Crippen MR) is 66.3 cm³/mol. The number of fused-ring (bicyclic) bond motifs is 1. The van der Waals surface area contributed by atoms with E-state index in [1.807, 2.05) is 30.3 Å². The normalized spacial score (nSPS) is 13.1. The minimum Gasteiger partial charge on any atom is -0.379 e. The number of nitrogens with one attached hydrogen (secondary N) is 2. The zero-order valence-corrected chi connectivity index (χ0v) is 9.62. The van der Waals surface area contributed by atoms with Gasteiger partial charge in [-0.25, -0.2) is 0 Å². The van der Waals surface area contributed by atoms with Gasteiger partial charge in [0.1, 0.15) is 0 Å². The second-order valence-electron chi connectivity index (χ2n) is 3.84. The summed E-state index contributed by atoms with van der Waals surface area (Å²) in [6, 6.07) is 7.81. The van der Waals surface area contributed by atoms with Crippen LogP contribution in [0.15, 0.2) is 30.0 Å². The average molecular weight is 230 g/mol. The molecule has 0 radical (unpaired) electrons. The third-order valence-corrected chi connectivity index (χ3v) is 2.61. The Hall–Kier alpha value is -2.10. The van der Waals surface area contributed by atoms with Crippen LogP contribution < -0.4 is 10.6 Å². The molecular formula is C13H14N2O2. The summed E-state index contributed by atoms with van der Waals surface area (Å²) in [6.07, 6.45) is 2.11. The Morgan fingerprint density at radius 1 is 1.35 bits per heavy atom. The van der Waals surface area contributed by atoms with E-state index in [2.05, 4.69) is 10.6 Å². The Balaban J connectivity index is 2.13. The summed E-state index contributed by atoms with van der Waals surface area (Å²) in [5.74, 6) is -0.940. The molecule has 1 heterocycles. The van der Waals surface area contributed by atoms with Crippen LogP contribution in [0.2, 0.25) is 0 Å². The molecule has 0 spiro atoms. The van der Waals surface area contributed by atoms with Gasteiger partial charge in [0.2, 0.25) is 5.78 Å². The fourth-order valence-corrected chi connectivity index (χ4v) is 1.67. The Labute approximate surface area is 99.7 Å². The summed E-state index contributed by atoms with van der Waals surface area (Å²) >= 11 is 0. The molecule has 1 aliphatic heterocycles. The quantitative estimate of drug-likeness (QED) is 0.774. The van der Waals surface area contributed by atoms with Gasteiger partial charge in [0.15, 0.2) is 0 Å². The number of benzene rings is 1. The van der Waals surface area contributed by atoms with Gasteiger partial charge in [-0.15, -0.1) is 0 Å². The standard InChI is InChI=1S/C13H14N2O2/c1-2-12(16)13(17)15-10-7-9-5-3-4-6-11(9)14-8-10/h3-7,14H,2,8H2,1H3,(H,15,17). The highest BCUT2D eigenvalue weighted by molar-refractivity contribution is 6.36. The number of amides is 1. The first kappa shape index (κ1) is 11.4. The fourth-order valence-electron chi connectivity index (χ4n) is 1.67. The van der Waals surface area contributed by atoms with E-state index in [-0.39, 0.29) is 6.42 Å². The molecule has 1 amide bonds. The maximum atomic E-state index is 11.4. The van der Waals surface area contributed by atoms with Gasteiger partial charge < -0.3 is 10.6 Å². The third kappa shape index (κ3) is 2.53. The van der Waals surface area contributed by atoms with Gasteiger partial charge in [-0.2, -0.15) is 0 Å². The second kappa shape index (κ2) is 4.82. The van der Waals surface area contributed by atoms with Gasteiger partial charge in [-0.3, -0.25) is 9.59 Å². The van der Waals surface area contributed by atoms with Crippen molar-refractivity contribution in [2.24, 2.45) is 0 Å². The topological polar surface area (TPSA) is 58.2 Å². The maximum absolute atomic E-state index is 11.4. The molecule has 0 unspecified atom stereocenters. The molecule has 0 saturated heterocycles. The lowest BCUT2D eigenvalue weighted by atomic mass is 10.1. The van der Waals surface area contributed by atoms with Crippen molar-refractivity contribution < 1.29 is 9.59 Å². The molecule has 1 aromatic rings. The molecule has 0 saturated carbocycles. The summed E-state index contributed by atoms with van der Waals surface area (Å²) < 4.78 is 0. The smallest absolute Gasteiger partial charge is 0.291 e. The molecule has 0 bridgehead atoms. The lowest BCUT2D eigenvalue weighted by Gasteiger charge is -2.18. The van der Waals surface area contributed by atoms with Crippen LogP contribution in [0.3, 0.4) is 0 Å². The molecule has 0 atom stereocenters. The van der Waals surface area contributed by atoms with Crippen molar-refractivity contribution in [1.29, 1.82) is 0 Å². The van der Waals surface area contributed by atoms with Crippen LogP contribution in [0.4, 0.5) is 5.69 Å². The van der Waals surface area contributed by atoms with Crippen LogP contribution >= 0.6 is 0 Å². The van der Waals surface area contributed by atoms with Crippen LogP contribution in [0.5, 0.6) is 0 Å². The molecule has 0 aromatic heterocycles. The van der Waals surface area contributed by atoms with Gasteiger partial charge in [0.25, 0.3) is 5.91 Å². The first-order chi connectivity index (χ1) is 8.20. The Morgan fingerprint density at radius 3 is 2.88 bits per heavy atom. The van der Waals surface area contributed by atoms with Gasteiger partial charge in [-0.1, -0.05) is 25.1 Å². The Morgan fingerprint density at radius 2 is 2.12 bits per heavy atom. The first-order valence-electron chi connectivity index (χ1n) is 5.58. The van der Waals surface area contributed by atoms with Gasteiger partial charge >= 0.3 is 0 Å². The molecule has 0 fully saturated rings. The second-order valence-corrected chi connectivity index (χ2v) is 3.84. The minimum atomic E-state index is -0.542. The highest BCUT2D eigenvalue weighted by Crippen LogP contribution is 2.21. The monoisotopic (exact) mass is 230 g/mol. The molecule has 88 valence electrons. The molecule has 17 heavy (non-hydrogen) atoms. The number of hydrogen-bond donors (Lipinski definition) is 2. The average Bonchev–Trinajstić information content (AvgIpc) is 2.37. The number of para-hydroxylation sites is 1. The zero-order valence-electron chi connectivity index (χ0n) is 9.62. The molecule has 2 rings (SSSR count). The van der Waals surface area contributed by atoms with Crippen LogP contribution in [0, 0.1) is 0 Å². The number of hydrogen-bond acceptors (Lipinski definition) is 3. The van der Waals surface area contributed by atoms with E-state index >= 15 is 0 Å². The van der Waals surface area contributed by atoms with Crippen molar-refractivity contribution in [3.05, 3.63) is 35.5 Å². The van der Waals surface area contributed by atoms with E-state index < -0.39 is 11.7 Å². The Bertz CT molecular complexity index is 492. The van der Waals surface area contributed by atoms with Crippen molar-refractivity contribution in [1.82, 2.24) is 5.32 Å². The van der Waals surface area contributed by atoms with Crippen molar-refractivity contribution in [3.8, 4) is 0 Å². The third-order valence-electron chi connectivity index (χ3n) is 2.61. The van der Waals surface area contributed by atoms with E-state index in [9.17, 15) is 9.59 Å². The van der Waals surface area contributed by atoms with Crippen molar-refractivity contribution >= 4 is 23.5 Å². The number of Topliss-reactive ketones (excluding diaryl/α,β-unsaturated/α-hetero) is 1. The lowest BCUT2D eigenvalue weighted by molar-refractivity contribution is -0.137. The largest absolute Gasteiger partial charge is 0.379 e. The molecular weight excluding hydrogens is 216 g/mol. The highest BCUT2D eigenvalue weighted by atomic mass is 16.2. The molecule has 1 aliphatic rings. The molecule has 2 N–H and O–H groups in total.